The van der Waals surface area contributed by atoms with E-state index >= 15 is 0 Å². The van der Waals surface area contributed by atoms with Gasteiger partial charge in [0.2, 0.25) is 11.8 Å². The van der Waals surface area contributed by atoms with Crippen molar-refractivity contribution in [3.63, 3.8) is 0 Å². The summed E-state index contributed by atoms with van der Waals surface area (Å²) in [5.41, 5.74) is 4.52. The number of aromatic nitrogens is 4. The van der Waals surface area contributed by atoms with Crippen molar-refractivity contribution in [2.24, 2.45) is 0 Å². The quantitative estimate of drug-likeness (QED) is 0.688. The highest BCUT2D eigenvalue weighted by molar-refractivity contribution is 5.77. The molecule has 0 amide bonds. The lowest BCUT2D eigenvalue weighted by atomic mass is 10.2. The Morgan fingerprint density at radius 2 is 2.00 bits per heavy atom. The van der Waals surface area contributed by atoms with Crippen LogP contribution in [-0.4, -0.2) is 24.9 Å². The van der Waals surface area contributed by atoms with Crippen molar-refractivity contribution >= 4 is 11.0 Å². The summed E-state index contributed by atoms with van der Waals surface area (Å²) in [5, 5.41) is 14.3. The molecule has 0 aliphatic carbocycles. The Kier molecular flexibility index (Phi) is 2.16. The van der Waals surface area contributed by atoms with Crippen LogP contribution in [0.1, 0.15) is 16.8 Å². The number of aryl methyl sites for hydroxylation is 2. The average molecular weight is 242 g/mol. The van der Waals surface area contributed by atoms with Crippen LogP contribution >= 0.6 is 0 Å². The van der Waals surface area contributed by atoms with E-state index in [4.69, 9.17) is 0 Å². The third kappa shape index (κ3) is 1.48. The van der Waals surface area contributed by atoms with Gasteiger partial charge in [-0.25, -0.2) is 4.98 Å². The van der Waals surface area contributed by atoms with Crippen molar-refractivity contribution in [3.05, 3.63) is 35.0 Å². The standard InChI is InChI=1S/C13H14N4O/c1-7-4-5-10-11(6-7)15-13(14-10)17-12(18)8(2)9(3)16-17/h4-6,18H,1-3H3,(H,14,15). The van der Waals surface area contributed by atoms with Gasteiger partial charge in [-0.15, -0.1) is 0 Å². The first-order chi connectivity index (χ1) is 8.56. The van der Waals surface area contributed by atoms with Crippen LogP contribution < -0.4 is 0 Å². The van der Waals surface area contributed by atoms with Crippen molar-refractivity contribution in [3.8, 4) is 11.8 Å². The smallest absolute Gasteiger partial charge is 0.232 e. The third-order valence-electron chi connectivity index (χ3n) is 3.16. The molecule has 92 valence electrons. The number of H-pyrrole nitrogens is 1. The van der Waals surface area contributed by atoms with E-state index in [0.29, 0.717) is 5.95 Å². The second kappa shape index (κ2) is 3.60. The van der Waals surface area contributed by atoms with Gasteiger partial charge in [-0.3, -0.25) is 0 Å². The maximum Gasteiger partial charge on any atom is 0.232 e. The molecule has 3 aromatic rings. The van der Waals surface area contributed by atoms with Crippen molar-refractivity contribution in [1.82, 2.24) is 19.7 Å². The first kappa shape index (κ1) is 10.8. The van der Waals surface area contributed by atoms with Gasteiger partial charge in [0.1, 0.15) is 0 Å². The number of aromatic hydroxyl groups is 1. The number of hydrogen-bond donors (Lipinski definition) is 2. The predicted molar refractivity (Wildman–Crippen MR) is 69.1 cm³/mol. The van der Waals surface area contributed by atoms with Crippen LogP contribution in [-0.2, 0) is 0 Å². The SMILES string of the molecule is Cc1ccc2[nH]c(-n3nc(C)c(C)c3O)nc2c1. The molecule has 0 radical (unpaired) electrons. The molecule has 2 N–H and O–H groups in total. The monoisotopic (exact) mass is 242 g/mol. The Labute approximate surface area is 104 Å². The van der Waals surface area contributed by atoms with E-state index in [9.17, 15) is 5.11 Å². The molecule has 1 aromatic carbocycles. The van der Waals surface area contributed by atoms with Gasteiger partial charge in [-0.2, -0.15) is 9.78 Å². The molecule has 0 saturated carbocycles. The van der Waals surface area contributed by atoms with Crippen LogP contribution in [0.4, 0.5) is 0 Å². The molecule has 2 heterocycles. The largest absolute Gasteiger partial charge is 0.493 e. The fourth-order valence-corrected chi connectivity index (χ4v) is 1.94. The van der Waals surface area contributed by atoms with E-state index in [0.717, 1.165) is 27.9 Å². The Morgan fingerprint density at radius 1 is 1.22 bits per heavy atom. The molecule has 18 heavy (non-hydrogen) atoms. The fourth-order valence-electron chi connectivity index (χ4n) is 1.94. The van der Waals surface area contributed by atoms with Gasteiger partial charge in [0, 0.05) is 5.56 Å². The highest BCUT2D eigenvalue weighted by Crippen LogP contribution is 2.23. The van der Waals surface area contributed by atoms with Gasteiger partial charge in [-0.1, -0.05) is 6.07 Å². The number of aromatic amines is 1. The minimum absolute atomic E-state index is 0.128. The topological polar surface area (TPSA) is 66.7 Å². The first-order valence-corrected chi connectivity index (χ1v) is 5.78. The van der Waals surface area contributed by atoms with E-state index < -0.39 is 0 Å². The van der Waals surface area contributed by atoms with E-state index in [-0.39, 0.29) is 5.88 Å². The molecule has 0 aliphatic heterocycles. The lowest BCUT2D eigenvalue weighted by Crippen LogP contribution is -1.98. The number of nitrogens with one attached hydrogen (secondary N) is 1. The maximum atomic E-state index is 9.99. The molecule has 0 bridgehead atoms. The van der Waals surface area contributed by atoms with E-state index in [2.05, 4.69) is 15.1 Å². The summed E-state index contributed by atoms with van der Waals surface area (Å²) < 4.78 is 1.43. The highest BCUT2D eigenvalue weighted by atomic mass is 16.3. The summed E-state index contributed by atoms with van der Waals surface area (Å²) in [6, 6.07) is 5.99. The molecule has 0 spiro atoms. The number of rotatable bonds is 1. The van der Waals surface area contributed by atoms with Gasteiger partial charge in [0.25, 0.3) is 0 Å². The summed E-state index contributed by atoms with van der Waals surface area (Å²) in [4.78, 5) is 7.59. The van der Waals surface area contributed by atoms with Crippen LogP contribution in [0.2, 0.25) is 0 Å². The maximum absolute atomic E-state index is 9.99. The van der Waals surface area contributed by atoms with Crippen molar-refractivity contribution < 1.29 is 5.11 Å². The fraction of sp³-hybridized carbons (Fsp3) is 0.231. The van der Waals surface area contributed by atoms with E-state index in [1.165, 1.54) is 4.68 Å². The van der Waals surface area contributed by atoms with E-state index in [1.54, 1.807) is 0 Å². The minimum atomic E-state index is 0.128. The second-order valence-corrected chi connectivity index (χ2v) is 4.53. The molecular formula is C13H14N4O. The zero-order chi connectivity index (χ0) is 12.9. The van der Waals surface area contributed by atoms with Gasteiger partial charge < -0.3 is 10.1 Å². The average Bonchev–Trinajstić information content (AvgIpc) is 2.85. The molecule has 0 atom stereocenters. The normalized spacial score (nSPS) is 11.3. The zero-order valence-electron chi connectivity index (χ0n) is 10.5. The summed E-state index contributed by atoms with van der Waals surface area (Å²) in [5.74, 6) is 0.660. The third-order valence-corrected chi connectivity index (χ3v) is 3.16. The van der Waals surface area contributed by atoms with Gasteiger partial charge >= 0.3 is 0 Å². The summed E-state index contributed by atoms with van der Waals surface area (Å²) >= 11 is 0. The van der Waals surface area contributed by atoms with Crippen LogP contribution in [0.25, 0.3) is 17.0 Å². The predicted octanol–water partition coefficient (Wildman–Crippen LogP) is 2.38. The van der Waals surface area contributed by atoms with Crippen molar-refractivity contribution in [1.29, 1.82) is 0 Å². The van der Waals surface area contributed by atoms with Gasteiger partial charge in [0.15, 0.2) is 0 Å². The summed E-state index contributed by atoms with van der Waals surface area (Å²) in [6.45, 7) is 5.72. The number of benzene rings is 1. The van der Waals surface area contributed by atoms with Gasteiger partial charge in [0.05, 0.1) is 16.7 Å². The molecular weight excluding hydrogens is 228 g/mol. The van der Waals surface area contributed by atoms with Crippen LogP contribution in [0.15, 0.2) is 18.2 Å². The molecule has 5 nitrogen and oxygen atoms in total. The number of hydrogen-bond acceptors (Lipinski definition) is 3. The molecule has 3 rings (SSSR count). The van der Waals surface area contributed by atoms with Crippen LogP contribution in [0.5, 0.6) is 5.88 Å². The van der Waals surface area contributed by atoms with Gasteiger partial charge in [-0.05, 0) is 38.5 Å². The van der Waals surface area contributed by atoms with E-state index in [1.807, 2.05) is 39.0 Å². The van der Waals surface area contributed by atoms with Crippen molar-refractivity contribution in [2.45, 2.75) is 20.8 Å². The number of fused-ring (bicyclic) bond motifs is 1. The molecule has 2 aromatic heterocycles. The Balaban J connectivity index is 2.22. The zero-order valence-corrected chi connectivity index (χ0v) is 10.5. The number of nitrogens with zero attached hydrogens (tertiary/aromatic N) is 3. The molecule has 0 aliphatic rings. The Morgan fingerprint density at radius 3 is 2.67 bits per heavy atom. The molecule has 5 heteroatoms. The lowest BCUT2D eigenvalue weighted by Gasteiger charge is -1.96. The first-order valence-electron chi connectivity index (χ1n) is 5.78. The Hall–Kier alpha value is -2.30. The summed E-state index contributed by atoms with van der Waals surface area (Å²) in [6.07, 6.45) is 0. The second-order valence-electron chi connectivity index (χ2n) is 4.53. The highest BCUT2D eigenvalue weighted by Gasteiger charge is 2.14. The molecule has 0 unspecified atom stereocenters. The lowest BCUT2D eigenvalue weighted by molar-refractivity contribution is 0.427. The van der Waals surface area contributed by atoms with Crippen molar-refractivity contribution in [2.75, 3.05) is 0 Å². The minimum Gasteiger partial charge on any atom is -0.493 e. The molecule has 0 fully saturated rings. The molecule has 0 saturated heterocycles. The van der Waals surface area contributed by atoms with Crippen LogP contribution in [0, 0.1) is 20.8 Å². The summed E-state index contributed by atoms with van der Waals surface area (Å²) in [7, 11) is 0. The Bertz CT molecular complexity index is 739. The number of imidazole rings is 1. The van der Waals surface area contributed by atoms with Crippen LogP contribution in [0.3, 0.4) is 0 Å².